The molecule has 0 N–H and O–H groups in total. The van der Waals surface area contributed by atoms with Crippen molar-refractivity contribution < 1.29 is 4.79 Å². The molecule has 0 aromatic heterocycles. The van der Waals surface area contributed by atoms with Crippen LogP contribution in [0.2, 0.25) is 0 Å². The summed E-state index contributed by atoms with van der Waals surface area (Å²) in [4.78, 5) is 12.7. The highest BCUT2D eigenvalue weighted by Gasteiger charge is 2.35. The number of carbonyl (C=O) groups excluding carboxylic acids is 1. The summed E-state index contributed by atoms with van der Waals surface area (Å²) < 4.78 is 0. The molecule has 79 valence electrons. The largest absolute Gasteiger partial charge is 0.302 e. The van der Waals surface area contributed by atoms with Crippen LogP contribution in [0.25, 0.3) is 0 Å². The molecule has 0 amide bonds. The summed E-state index contributed by atoms with van der Waals surface area (Å²) in [7, 11) is 1.98. The van der Waals surface area contributed by atoms with Crippen molar-refractivity contribution in [1.29, 1.82) is 0 Å². The first-order valence-corrected chi connectivity index (χ1v) is 5.39. The summed E-state index contributed by atoms with van der Waals surface area (Å²) in [5, 5.41) is 1.97. The second kappa shape index (κ2) is 4.38. The Kier molecular flexibility index (Phi) is 3.15. The first-order chi connectivity index (χ1) is 6.81. The maximum atomic E-state index is 10.2. The molecule has 2 heterocycles. The molecule has 2 aliphatic rings. The van der Waals surface area contributed by atoms with Crippen LogP contribution >= 0.6 is 0 Å². The van der Waals surface area contributed by atoms with Gasteiger partial charge in [0.2, 0.25) is 0 Å². The summed E-state index contributed by atoms with van der Waals surface area (Å²) >= 11 is 0. The summed E-state index contributed by atoms with van der Waals surface area (Å²) in [6, 6.07) is 0. The van der Waals surface area contributed by atoms with E-state index in [2.05, 4.69) is 10.3 Å². The Hall–Kier alpha value is -0.450. The van der Waals surface area contributed by atoms with E-state index in [0.29, 0.717) is 12.7 Å². The van der Waals surface area contributed by atoms with Gasteiger partial charge in [0.1, 0.15) is 6.29 Å². The zero-order chi connectivity index (χ0) is 9.97. The average Bonchev–Trinajstić information content (AvgIpc) is 2.57. The number of carbonyl (C=O) groups is 1. The van der Waals surface area contributed by atoms with Gasteiger partial charge in [-0.1, -0.05) is 0 Å². The Bertz CT molecular complexity index is 210. The molecule has 2 bridgehead atoms. The third-order valence-corrected chi connectivity index (χ3v) is 3.38. The fraction of sp³-hybridized carbons (Fsp3) is 0.900. The van der Waals surface area contributed by atoms with Gasteiger partial charge in [0, 0.05) is 13.6 Å². The van der Waals surface area contributed by atoms with Crippen LogP contribution in [0.4, 0.5) is 0 Å². The van der Waals surface area contributed by atoms with E-state index in [1.165, 1.54) is 32.4 Å². The molecule has 0 aliphatic carbocycles. The molecule has 4 nitrogen and oxygen atoms in total. The van der Waals surface area contributed by atoms with Crippen molar-refractivity contribution in [2.24, 2.45) is 5.92 Å². The number of piperidine rings is 1. The lowest BCUT2D eigenvalue weighted by Gasteiger charge is -2.37. The summed E-state index contributed by atoms with van der Waals surface area (Å²) in [5.74, 6) is 0.922. The van der Waals surface area contributed by atoms with Crippen LogP contribution in [0.1, 0.15) is 19.3 Å². The average molecular weight is 196 g/mol. The van der Waals surface area contributed by atoms with Gasteiger partial charge in [-0.05, 0) is 31.7 Å². The van der Waals surface area contributed by atoms with Gasteiger partial charge >= 0.3 is 0 Å². The van der Waals surface area contributed by atoms with Crippen LogP contribution in [-0.2, 0) is 4.79 Å². The van der Waals surface area contributed by atoms with Gasteiger partial charge in [-0.2, -0.15) is 5.43 Å². The van der Waals surface area contributed by atoms with Gasteiger partial charge < -0.3 is 4.79 Å². The highest BCUT2D eigenvalue weighted by atomic mass is 16.1. The normalized spacial score (nSPS) is 36.3. The smallest absolute Gasteiger partial charge is 0.137 e. The van der Waals surface area contributed by atoms with Crippen LogP contribution in [0.3, 0.4) is 0 Å². The zero-order valence-electron chi connectivity index (χ0n) is 8.72. The molecule has 3 atom stereocenters. The van der Waals surface area contributed by atoms with Crippen LogP contribution in [-0.4, -0.2) is 49.0 Å². The van der Waals surface area contributed by atoms with E-state index in [1.807, 2.05) is 12.1 Å². The minimum Gasteiger partial charge on any atom is -0.302 e. The quantitative estimate of drug-likeness (QED) is 0.472. The van der Waals surface area contributed by atoms with Crippen molar-refractivity contribution in [2.75, 3.05) is 26.7 Å². The third kappa shape index (κ3) is 1.97. The third-order valence-electron chi connectivity index (χ3n) is 3.38. The van der Waals surface area contributed by atoms with Crippen molar-refractivity contribution in [3.05, 3.63) is 0 Å². The van der Waals surface area contributed by atoms with E-state index in [1.54, 1.807) is 0 Å². The van der Waals surface area contributed by atoms with Gasteiger partial charge in [-0.15, -0.1) is 0 Å². The molecule has 3 unspecified atom stereocenters. The molecule has 2 fully saturated rings. The summed E-state index contributed by atoms with van der Waals surface area (Å²) in [5.41, 5.74) is 4.21. The van der Waals surface area contributed by atoms with Crippen molar-refractivity contribution >= 4 is 6.29 Å². The number of nitrogens with zero attached hydrogens (tertiary/aromatic N) is 3. The monoisotopic (exact) mass is 196 g/mol. The molecule has 0 aromatic rings. The van der Waals surface area contributed by atoms with Gasteiger partial charge in [0.05, 0.1) is 12.7 Å². The van der Waals surface area contributed by atoms with Crippen LogP contribution < -0.4 is 5.43 Å². The van der Waals surface area contributed by atoms with Crippen LogP contribution in [0.5, 0.6) is 0 Å². The summed E-state index contributed by atoms with van der Waals surface area (Å²) in [6.07, 6.45) is 5.16. The highest BCUT2D eigenvalue weighted by Crippen LogP contribution is 2.31. The minimum absolute atomic E-state index is 0.296. The zero-order valence-corrected chi connectivity index (χ0v) is 8.72. The van der Waals surface area contributed by atoms with E-state index in [4.69, 9.17) is 0 Å². The van der Waals surface area contributed by atoms with Crippen molar-refractivity contribution in [2.45, 2.75) is 25.4 Å². The van der Waals surface area contributed by atoms with Crippen molar-refractivity contribution in [3.8, 4) is 0 Å². The molecule has 0 spiro atoms. The Morgan fingerprint density at radius 1 is 1.50 bits per heavy atom. The van der Waals surface area contributed by atoms with Gasteiger partial charge in [-0.25, -0.2) is 5.01 Å². The second-order valence-electron chi connectivity index (χ2n) is 4.27. The second-order valence-corrected chi connectivity index (χ2v) is 4.27. The molecule has 1 radical (unpaired) electrons. The predicted molar refractivity (Wildman–Crippen MR) is 53.5 cm³/mol. The molecule has 0 aromatic carbocycles. The number of rotatable bonds is 4. The van der Waals surface area contributed by atoms with Crippen molar-refractivity contribution in [1.82, 2.24) is 15.3 Å². The van der Waals surface area contributed by atoms with E-state index in [0.717, 1.165) is 12.2 Å². The molecule has 2 rings (SSSR count). The van der Waals surface area contributed by atoms with Gasteiger partial charge in [0.25, 0.3) is 0 Å². The molecular weight excluding hydrogens is 178 g/mol. The van der Waals surface area contributed by atoms with Crippen LogP contribution in [0.15, 0.2) is 0 Å². The maximum Gasteiger partial charge on any atom is 0.137 e. The highest BCUT2D eigenvalue weighted by molar-refractivity contribution is 5.51. The summed E-state index contributed by atoms with van der Waals surface area (Å²) in [6.45, 7) is 2.73. The number of aldehydes is 1. The molecular formula is C10H18N3O. The molecule has 4 heteroatoms. The lowest BCUT2D eigenvalue weighted by Crippen LogP contribution is -2.50. The van der Waals surface area contributed by atoms with Gasteiger partial charge in [-0.3, -0.25) is 4.90 Å². The Morgan fingerprint density at radius 2 is 2.36 bits per heavy atom. The van der Waals surface area contributed by atoms with E-state index < -0.39 is 0 Å². The fourth-order valence-electron chi connectivity index (χ4n) is 2.62. The van der Waals surface area contributed by atoms with Crippen LogP contribution in [0, 0.1) is 5.92 Å². The van der Waals surface area contributed by atoms with E-state index in [9.17, 15) is 4.79 Å². The Labute approximate surface area is 85.2 Å². The minimum atomic E-state index is 0.296. The Balaban J connectivity index is 1.86. The standard InChI is InChI=1S/C10H18N3O/c1-12(11-5-7-14)10-3-2-9-4-6-13(10)8-9/h7,9-10H,2-6,8H2,1H3. The van der Waals surface area contributed by atoms with Crippen molar-refractivity contribution in [3.63, 3.8) is 0 Å². The number of fused-ring (bicyclic) bond motifs is 2. The lowest BCUT2D eigenvalue weighted by atomic mass is 9.99. The van der Waals surface area contributed by atoms with E-state index >= 15 is 0 Å². The van der Waals surface area contributed by atoms with Gasteiger partial charge in [0.15, 0.2) is 0 Å². The number of hydrogen-bond donors (Lipinski definition) is 0. The first-order valence-electron chi connectivity index (χ1n) is 5.39. The number of hydrogen-bond acceptors (Lipinski definition) is 3. The Morgan fingerprint density at radius 3 is 3.14 bits per heavy atom. The topological polar surface area (TPSA) is 37.7 Å². The molecule has 2 aliphatic heterocycles. The lowest BCUT2D eigenvalue weighted by molar-refractivity contribution is -0.108. The maximum absolute atomic E-state index is 10.2. The SMILES string of the molecule is CN([N]CC=O)C1CCC2CCN1C2. The fourth-order valence-corrected chi connectivity index (χ4v) is 2.62. The molecule has 0 saturated carbocycles. The van der Waals surface area contributed by atoms with E-state index in [-0.39, 0.29) is 0 Å². The predicted octanol–water partition coefficient (Wildman–Crippen LogP) is 0.0783. The first kappa shape index (κ1) is 10.1. The molecule has 14 heavy (non-hydrogen) atoms. The molecule has 2 saturated heterocycles.